The number of halogens is 2. The average Bonchev–Trinajstić information content (AvgIpc) is 3.11. The summed E-state index contributed by atoms with van der Waals surface area (Å²) >= 11 is 0. The fourth-order valence-corrected chi connectivity index (χ4v) is 1.95. The lowest BCUT2D eigenvalue weighted by atomic mass is 10.1. The summed E-state index contributed by atoms with van der Waals surface area (Å²) in [5.41, 5.74) is 0.0521. The van der Waals surface area contributed by atoms with Crippen molar-refractivity contribution >= 4 is 5.97 Å². The summed E-state index contributed by atoms with van der Waals surface area (Å²) in [5.74, 6) is -2.51. The predicted octanol–water partition coefficient (Wildman–Crippen LogP) is 2.84. The average molecular weight is 294 g/mol. The number of hydrogen-bond donors (Lipinski definition) is 2. The van der Waals surface area contributed by atoms with E-state index in [9.17, 15) is 13.6 Å². The van der Waals surface area contributed by atoms with Crippen LogP contribution in [-0.2, 0) is 0 Å². The first-order chi connectivity index (χ1) is 10.0. The number of rotatable bonds is 5. The van der Waals surface area contributed by atoms with Crippen molar-refractivity contribution in [1.82, 2.24) is 10.2 Å². The third-order valence-electron chi connectivity index (χ3n) is 3.25. The summed E-state index contributed by atoms with van der Waals surface area (Å²) in [4.78, 5) is 10.8. The molecule has 1 aliphatic carbocycles. The zero-order valence-corrected chi connectivity index (χ0v) is 10.9. The van der Waals surface area contributed by atoms with Crippen LogP contribution < -0.4 is 4.74 Å². The molecule has 0 radical (unpaired) electrons. The van der Waals surface area contributed by atoms with Gasteiger partial charge in [-0.3, -0.25) is 5.10 Å². The topological polar surface area (TPSA) is 75.2 Å². The molecular weight excluding hydrogens is 282 g/mol. The van der Waals surface area contributed by atoms with Crippen LogP contribution in [0.3, 0.4) is 0 Å². The first-order valence-corrected chi connectivity index (χ1v) is 6.45. The molecule has 0 atom stereocenters. The summed E-state index contributed by atoms with van der Waals surface area (Å²) in [6.45, 7) is 0.353. The number of carbonyl (C=O) groups is 1. The zero-order valence-electron chi connectivity index (χ0n) is 10.9. The van der Waals surface area contributed by atoms with E-state index in [1.54, 1.807) is 0 Å². The van der Waals surface area contributed by atoms with Crippen LogP contribution >= 0.6 is 0 Å². The number of hydrogen-bond acceptors (Lipinski definition) is 3. The number of nitrogens with one attached hydrogen (secondary N) is 1. The highest BCUT2D eigenvalue weighted by Crippen LogP contribution is 2.35. The third-order valence-corrected chi connectivity index (χ3v) is 3.25. The zero-order chi connectivity index (χ0) is 15.0. The molecule has 7 heteroatoms. The first kappa shape index (κ1) is 13.5. The van der Waals surface area contributed by atoms with Gasteiger partial charge in [0.15, 0.2) is 11.6 Å². The Kier molecular flexibility index (Phi) is 3.32. The summed E-state index contributed by atoms with van der Waals surface area (Å²) in [6.07, 6.45) is 2.06. The van der Waals surface area contributed by atoms with Crippen molar-refractivity contribution in [2.45, 2.75) is 12.8 Å². The van der Waals surface area contributed by atoms with Crippen LogP contribution in [0.5, 0.6) is 5.75 Å². The van der Waals surface area contributed by atoms with Crippen molar-refractivity contribution in [3.8, 4) is 17.0 Å². The Hall–Kier alpha value is -2.44. The first-order valence-electron chi connectivity index (χ1n) is 6.45. The molecule has 0 saturated heterocycles. The molecule has 0 amide bonds. The number of aromatic carboxylic acids is 1. The number of carboxylic acid groups (broad SMARTS) is 1. The van der Waals surface area contributed by atoms with Crippen LogP contribution in [0.1, 0.15) is 23.3 Å². The predicted molar refractivity (Wildman–Crippen MR) is 69.1 cm³/mol. The molecule has 1 aromatic carbocycles. The van der Waals surface area contributed by atoms with Crippen LogP contribution in [0, 0.1) is 17.6 Å². The minimum absolute atomic E-state index is 0.0944. The second kappa shape index (κ2) is 5.16. The standard InChI is InChI=1S/C14H12F2N2O3/c15-8-3-9(11-5-12(14(19)20)18-17-11)13(10(16)4-8)21-6-7-1-2-7/h3-5,7H,1-2,6H2,(H,17,18)(H,19,20). The van der Waals surface area contributed by atoms with E-state index < -0.39 is 17.6 Å². The van der Waals surface area contributed by atoms with Gasteiger partial charge in [-0.15, -0.1) is 0 Å². The Balaban J connectivity index is 1.99. The Labute approximate surface area is 118 Å². The Morgan fingerprint density at radius 2 is 2.14 bits per heavy atom. The van der Waals surface area contributed by atoms with E-state index >= 15 is 0 Å². The van der Waals surface area contributed by atoms with E-state index in [1.165, 1.54) is 6.07 Å². The molecule has 0 spiro atoms. The van der Waals surface area contributed by atoms with Gasteiger partial charge < -0.3 is 9.84 Å². The van der Waals surface area contributed by atoms with Crippen molar-refractivity contribution in [1.29, 1.82) is 0 Å². The van der Waals surface area contributed by atoms with E-state index in [2.05, 4.69) is 10.2 Å². The van der Waals surface area contributed by atoms with E-state index in [4.69, 9.17) is 9.84 Å². The van der Waals surface area contributed by atoms with Crippen LogP contribution in [0.25, 0.3) is 11.3 Å². The third kappa shape index (κ3) is 2.86. The van der Waals surface area contributed by atoms with Gasteiger partial charge in [-0.05, 0) is 30.9 Å². The Morgan fingerprint density at radius 3 is 2.76 bits per heavy atom. The lowest BCUT2D eigenvalue weighted by Crippen LogP contribution is -2.03. The normalized spacial score (nSPS) is 14.2. The van der Waals surface area contributed by atoms with Gasteiger partial charge in [-0.1, -0.05) is 0 Å². The van der Waals surface area contributed by atoms with Crippen molar-refractivity contribution in [3.63, 3.8) is 0 Å². The molecule has 1 saturated carbocycles. The van der Waals surface area contributed by atoms with Crippen molar-refractivity contribution in [2.75, 3.05) is 6.61 Å². The lowest BCUT2D eigenvalue weighted by Gasteiger charge is -2.11. The maximum atomic E-state index is 13.9. The number of benzene rings is 1. The maximum absolute atomic E-state index is 13.9. The molecule has 5 nitrogen and oxygen atoms in total. The fraction of sp³-hybridized carbons (Fsp3) is 0.286. The summed E-state index contributed by atoms with van der Waals surface area (Å²) in [7, 11) is 0. The molecule has 3 rings (SSSR count). The molecule has 110 valence electrons. The number of carboxylic acids is 1. The van der Waals surface area contributed by atoms with Gasteiger partial charge in [0.25, 0.3) is 0 Å². The number of ether oxygens (including phenoxy) is 1. The summed E-state index contributed by atoms with van der Waals surface area (Å²) < 4.78 is 32.8. The summed E-state index contributed by atoms with van der Waals surface area (Å²) in [6, 6.07) is 3.02. The Morgan fingerprint density at radius 1 is 1.38 bits per heavy atom. The van der Waals surface area contributed by atoms with E-state index in [0.29, 0.717) is 12.5 Å². The van der Waals surface area contributed by atoms with Crippen LogP contribution in [0.2, 0.25) is 0 Å². The van der Waals surface area contributed by atoms with Gasteiger partial charge in [0, 0.05) is 6.07 Å². The molecule has 0 bridgehead atoms. The van der Waals surface area contributed by atoms with Gasteiger partial charge in [0.1, 0.15) is 11.5 Å². The minimum Gasteiger partial charge on any atom is -0.490 e. The molecule has 1 heterocycles. The molecule has 1 fully saturated rings. The van der Waals surface area contributed by atoms with E-state index in [0.717, 1.165) is 25.0 Å². The number of H-pyrrole nitrogens is 1. The highest BCUT2D eigenvalue weighted by molar-refractivity contribution is 5.87. The van der Waals surface area contributed by atoms with Crippen molar-refractivity contribution in [2.24, 2.45) is 5.92 Å². The Bertz CT molecular complexity index is 696. The molecular formula is C14H12F2N2O3. The molecule has 0 aliphatic heterocycles. The minimum atomic E-state index is -1.20. The van der Waals surface area contributed by atoms with E-state index in [1.807, 2.05) is 0 Å². The van der Waals surface area contributed by atoms with Crippen molar-refractivity contribution < 1.29 is 23.4 Å². The van der Waals surface area contributed by atoms with Crippen LogP contribution in [-0.4, -0.2) is 27.9 Å². The fourth-order valence-electron chi connectivity index (χ4n) is 1.95. The maximum Gasteiger partial charge on any atom is 0.353 e. The smallest absolute Gasteiger partial charge is 0.353 e. The van der Waals surface area contributed by atoms with Crippen LogP contribution in [0.4, 0.5) is 8.78 Å². The number of aromatic nitrogens is 2. The molecule has 21 heavy (non-hydrogen) atoms. The molecule has 1 aromatic heterocycles. The molecule has 0 unspecified atom stereocenters. The SMILES string of the molecule is O=C(O)c1cc(-c2cc(F)cc(F)c2OCC2CC2)n[nH]1. The van der Waals surface area contributed by atoms with Gasteiger partial charge in [-0.25, -0.2) is 13.6 Å². The molecule has 2 aromatic rings. The molecule has 1 aliphatic rings. The van der Waals surface area contributed by atoms with Crippen molar-refractivity contribution in [3.05, 3.63) is 35.5 Å². The largest absolute Gasteiger partial charge is 0.490 e. The number of aromatic amines is 1. The highest BCUT2D eigenvalue weighted by Gasteiger charge is 2.24. The number of nitrogens with zero attached hydrogens (tertiary/aromatic N) is 1. The highest BCUT2D eigenvalue weighted by atomic mass is 19.1. The second-order valence-electron chi connectivity index (χ2n) is 4.99. The quantitative estimate of drug-likeness (QED) is 0.889. The second-order valence-corrected chi connectivity index (χ2v) is 4.99. The lowest BCUT2D eigenvalue weighted by molar-refractivity contribution is 0.0690. The summed E-state index contributed by atoms with van der Waals surface area (Å²) in [5, 5.41) is 14.9. The van der Waals surface area contributed by atoms with Crippen LogP contribution in [0.15, 0.2) is 18.2 Å². The van der Waals surface area contributed by atoms with E-state index in [-0.39, 0.29) is 22.7 Å². The monoisotopic (exact) mass is 294 g/mol. The van der Waals surface area contributed by atoms with Gasteiger partial charge in [0.05, 0.1) is 17.9 Å². The molecule has 2 N–H and O–H groups in total. The van der Waals surface area contributed by atoms with Gasteiger partial charge >= 0.3 is 5.97 Å². The van der Waals surface area contributed by atoms with Gasteiger partial charge in [0.2, 0.25) is 0 Å². The van der Waals surface area contributed by atoms with Gasteiger partial charge in [-0.2, -0.15) is 5.10 Å².